The molecule has 0 aromatic heterocycles. The first-order valence-corrected chi connectivity index (χ1v) is 12.6. The maximum atomic E-state index is 11.4. The molecule has 0 bridgehead atoms. The third-order valence-corrected chi connectivity index (χ3v) is 9.66. The molecule has 166 valence electrons. The Balaban J connectivity index is 0.00000117. The molecule has 2 heteroatoms. The first-order valence-electron chi connectivity index (χ1n) is 12.6. The van der Waals surface area contributed by atoms with Crippen LogP contribution in [-0.2, 0) is 4.79 Å². The van der Waals surface area contributed by atoms with E-state index in [0.29, 0.717) is 16.6 Å². The van der Waals surface area contributed by atoms with Gasteiger partial charge >= 0.3 is 0 Å². The molecule has 0 saturated heterocycles. The standard InChI is InChI=1S/C25H40O2.C2H6/c1-17(26)6-5-7-18-9-11-21-20-10-8-19-16-23(2,27)14-15-25(19,4)22(20)12-13-24(18,21)3;1-2/h8,18,20-22,27H,5-7,9-16H2,1-4H3;1-2H3/t18?,20?,21?,22?,23-,24?,25?;/m0./s1. The number of fused-ring (bicyclic) bond motifs is 5. The largest absolute Gasteiger partial charge is 0.390 e. The van der Waals surface area contributed by atoms with Gasteiger partial charge in [0.15, 0.2) is 0 Å². The van der Waals surface area contributed by atoms with Crippen molar-refractivity contribution in [2.24, 2.45) is 34.5 Å². The molecule has 0 spiro atoms. The summed E-state index contributed by atoms with van der Waals surface area (Å²) >= 11 is 0. The predicted octanol–water partition coefficient (Wildman–Crippen LogP) is 7.10. The van der Waals surface area contributed by atoms with Crippen LogP contribution >= 0.6 is 0 Å². The number of allylic oxidation sites excluding steroid dienone is 1. The molecule has 6 unspecified atom stereocenters. The first-order chi connectivity index (χ1) is 13.7. The zero-order chi connectivity index (χ0) is 21.4. The van der Waals surface area contributed by atoms with E-state index < -0.39 is 5.60 Å². The van der Waals surface area contributed by atoms with Crippen molar-refractivity contribution >= 4 is 5.78 Å². The Hall–Kier alpha value is -0.630. The highest BCUT2D eigenvalue weighted by atomic mass is 16.3. The number of Topliss-reactive ketones (excluding diaryl/α,β-unsaturated/α-hetero) is 1. The molecule has 0 heterocycles. The Bertz CT molecular complexity index is 632. The molecule has 29 heavy (non-hydrogen) atoms. The lowest BCUT2D eigenvalue weighted by Crippen LogP contribution is -2.51. The average Bonchev–Trinajstić information content (AvgIpc) is 3.00. The Kier molecular flexibility index (Phi) is 6.74. The van der Waals surface area contributed by atoms with Gasteiger partial charge in [-0.3, -0.25) is 0 Å². The average molecular weight is 403 g/mol. The smallest absolute Gasteiger partial charge is 0.129 e. The van der Waals surface area contributed by atoms with E-state index >= 15 is 0 Å². The number of carbonyl (C=O) groups excluding carboxylic acids is 1. The van der Waals surface area contributed by atoms with Gasteiger partial charge in [-0.1, -0.05) is 39.3 Å². The maximum Gasteiger partial charge on any atom is 0.129 e. The summed E-state index contributed by atoms with van der Waals surface area (Å²) in [5.41, 5.74) is 1.91. The van der Waals surface area contributed by atoms with Gasteiger partial charge in [0.1, 0.15) is 5.78 Å². The highest BCUT2D eigenvalue weighted by Gasteiger charge is 2.58. The third-order valence-electron chi connectivity index (χ3n) is 9.66. The summed E-state index contributed by atoms with van der Waals surface area (Å²) in [6, 6.07) is 0. The van der Waals surface area contributed by atoms with Crippen molar-refractivity contribution < 1.29 is 9.90 Å². The summed E-state index contributed by atoms with van der Waals surface area (Å²) in [6.45, 7) is 12.9. The molecule has 2 nitrogen and oxygen atoms in total. The van der Waals surface area contributed by atoms with Crippen molar-refractivity contribution in [3.63, 3.8) is 0 Å². The Morgan fingerprint density at radius 3 is 2.48 bits per heavy atom. The van der Waals surface area contributed by atoms with E-state index in [-0.39, 0.29) is 0 Å². The fourth-order valence-corrected chi connectivity index (χ4v) is 7.98. The van der Waals surface area contributed by atoms with E-state index in [1.807, 2.05) is 20.8 Å². The SMILES string of the molecule is CC.CC(=O)CCCC1CCC2C3CC=C4C[C@@](C)(O)CCC4(C)C3CCC12C. The molecule has 0 radical (unpaired) electrons. The van der Waals surface area contributed by atoms with Crippen molar-refractivity contribution in [1.82, 2.24) is 0 Å². The van der Waals surface area contributed by atoms with Crippen LogP contribution in [0.1, 0.15) is 112 Å². The molecule has 4 rings (SSSR count). The number of carbonyl (C=O) groups is 1. The van der Waals surface area contributed by atoms with Crippen LogP contribution in [0.15, 0.2) is 11.6 Å². The van der Waals surface area contributed by atoms with E-state index in [9.17, 15) is 9.90 Å². The van der Waals surface area contributed by atoms with E-state index in [2.05, 4.69) is 19.9 Å². The molecule has 3 fully saturated rings. The maximum absolute atomic E-state index is 11.4. The van der Waals surface area contributed by atoms with Gasteiger partial charge in [-0.05, 0) is 113 Å². The van der Waals surface area contributed by atoms with Gasteiger partial charge < -0.3 is 9.90 Å². The van der Waals surface area contributed by atoms with E-state index in [0.717, 1.165) is 49.4 Å². The van der Waals surface area contributed by atoms with Gasteiger partial charge in [0, 0.05) is 6.42 Å². The molecule has 1 N–H and O–H groups in total. The number of hydrogen-bond acceptors (Lipinski definition) is 2. The van der Waals surface area contributed by atoms with Crippen molar-refractivity contribution in [2.45, 2.75) is 118 Å². The lowest BCUT2D eigenvalue weighted by atomic mass is 9.46. The zero-order valence-corrected chi connectivity index (χ0v) is 20.0. The molecule has 0 amide bonds. The molecule has 4 aliphatic rings. The summed E-state index contributed by atoms with van der Waals surface area (Å²) < 4.78 is 0. The van der Waals surface area contributed by atoms with Gasteiger partial charge in [0.2, 0.25) is 0 Å². The molecule has 3 saturated carbocycles. The van der Waals surface area contributed by atoms with E-state index in [1.165, 1.54) is 44.9 Å². The summed E-state index contributed by atoms with van der Waals surface area (Å²) in [7, 11) is 0. The van der Waals surface area contributed by atoms with Crippen molar-refractivity contribution in [2.75, 3.05) is 0 Å². The molecule has 4 aliphatic carbocycles. The molecular formula is C27H46O2. The molecule has 7 atom stereocenters. The lowest BCUT2D eigenvalue weighted by Gasteiger charge is -2.59. The predicted molar refractivity (Wildman–Crippen MR) is 122 cm³/mol. The van der Waals surface area contributed by atoms with Crippen LogP contribution in [0.25, 0.3) is 0 Å². The molecule has 0 aromatic rings. The fourth-order valence-electron chi connectivity index (χ4n) is 7.98. The van der Waals surface area contributed by atoms with Crippen molar-refractivity contribution in [1.29, 1.82) is 0 Å². The minimum absolute atomic E-state index is 0.333. The van der Waals surface area contributed by atoms with Crippen molar-refractivity contribution in [3.8, 4) is 0 Å². The Morgan fingerprint density at radius 2 is 1.79 bits per heavy atom. The summed E-state index contributed by atoms with van der Waals surface area (Å²) in [6.07, 6.45) is 15.4. The highest BCUT2D eigenvalue weighted by molar-refractivity contribution is 5.75. The monoisotopic (exact) mass is 402 g/mol. The highest BCUT2D eigenvalue weighted by Crippen LogP contribution is 2.67. The number of hydrogen-bond donors (Lipinski definition) is 1. The fraction of sp³-hybridized carbons (Fsp3) is 0.889. The van der Waals surface area contributed by atoms with Crippen LogP contribution in [0.2, 0.25) is 0 Å². The summed E-state index contributed by atoms with van der Waals surface area (Å²) in [5.74, 6) is 3.72. The zero-order valence-electron chi connectivity index (χ0n) is 20.0. The Morgan fingerprint density at radius 1 is 1.07 bits per heavy atom. The van der Waals surface area contributed by atoms with Gasteiger partial charge in [-0.25, -0.2) is 0 Å². The van der Waals surface area contributed by atoms with Gasteiger partial charge in [0.25, 0.3) is 0 Å². The molecular weight excluding hydrogens is 356 g/mol. The second-order valence-corrected chi connectivity index (χ2v) is 11.3. The van der Waals surface area contributed by atoms with Crippen LogP contribution in [0.3, 0.4) is 0 Å². The third kappa shape index (κ3) is 4.12. The number of rotatable bonds is 4. The lowest BCUT2D eigenvalue weighted by molar-refractivity contribution is -0.117. The topological polar surface area (TPSA) is 37.3 Å². The minimum Gasteiger partial charge on any atom is -0.390 e. The normalized spacial score (nSPS) is 45.8. The van der Waals surface area contributed by atoms with Crippen molar-refractivity contribution in [3.05, 3.63) is 11.6 Å². The number of ketones is 1. The van der Waals surface area contributed by atoms with Gasteiger partial charge in [-0.15, -0.1) is 0 Å². The summed E-state index contributed by atoms with van der Waals surface area (Å²) in [5, 5.41) is 10.6. The minimum atomic E-state index is -0.490. The van der Waals surface area contributed by atoms with Crippen LogP contribution < -0.4 is 0 Å². The van der Waals surface area contributed by atoms with E-state index in [1.54, 1.807) is 12.5 Å². The quantitative estimate of drug-likeness (QED) is 0.509. The van der Waals surface area contributed by atoms with Crippen LogP contribution in [0.5, 0.6) is 0 Å². The Labute approximate surface area is 179 Å². The van der Waals surface area contributed by atoms with Gasteiger partial charge in [0.05, 0.1) is 5.60 Å². The van der Waals surface area contributed by atoms with Crippen LogP contribution in [0.4, 0.5) is 0 Å². The summed E-state index contributed by atoms with van der Waals surface area (Å²) in [4.78, 5) is 11.4. The van der Waals surface area contributed by atoms with E-state index in [4.69, 9.17) is 0 Å². The van der Waals surface area contributed by atoms with Crippen LogP contribution in [-0.4, -0.2) is 16.5 Å². The first kappa shape index (κ1) is 23.0. The van der Waals surface area contributed by atoms with Gasteiger partial charge in [-0.2, -0.15) is 0 Å². The second-order valence-electron chi connectivity index (χ2n) is 11.3. The second kappa shape index (κ2) is 8.48. The molecule has 0 aromatic carbocycles. The number of aliphatic hydroxyl groups is 1. The van der Waals surface area contributed by atoms with Crippen LogP contribution in [0, 0.1) is 34.5 Å². The molecule has 0 aliphatic heterocycles.